The SMILES string of the molecule is CC(C)N[C@H](c1ncc(-c2ccc(F)cc2)[nH]1)C1CCCCC1. The van der Waals surface area contributed by atoms with Gasteiger partial charge >= 0.3 is 0 Å². The van der Waals surface area contributed by atoms with E-state index in [0.29, 0.717) is 12.0 Å². The molecule has 1 heterocycles. The van der Waals surface area contributed by atoms with Gasteiger partial charge in [-0.3, -0.25) is 0 Å². The molecule has 1 fully saturated rings. The van der Waals surface area contributed by atoms with Gasteiger partial charge in [0.1, 0.15) is 11.6 Å². The number of benzene rings is 1. The summed E-state index contributed by atoms with van der Waals surface area (Å²) in [5, 5.41) is 3.69. The molecule has 3 rings (SSSR count). The van der Waals surface area contributed by atoms with Crippen LogP contribution in [0.3, 0.4) is 0 Å². The van der Waals surface area contributed by atoms with Crippen molar-refractivity contribution in [3.8, 4) is 11.3 Å². The molecule has 0 unspecified atom stereocenters. The van der Waals surface area contributed by atoms with Crippen molar-refractivity contribution in [2.24, 2.45) is 5.92 Å². The number of aromatic amines is 1. The van der Waals surface area contributed by atoms with E-state index >= 15 is 0 Å². The van der Waals surface area contributed by atoms with Crippen LogP contribution in [0.5, 0.6) is 0 Å². The summed E-state index contributed by atoms with van der Waals surface area (Å²) in [4.78, 5) is 8.09. The van der Waals surface area contributed by atoms with Crippen molar-refractivity contribution in [2.45, 2.75) is 58.0 Å². The van der Waals surface area contributed by atoms with Crippen molar-refractivity contribution in [3.63, 3.8) is 0 Å². The van der Waals surface area contributed by atoms with Crippen LogP contribution in [0.2, 0.25) is 0 Å². The second-order valence-electron chi connectivity index (χ2n) is 6.89. The zero-order valence-electron chi connectivity index (χ0n) is 14.0. The van der Waals surface area contributed by atoms with Gasteiger partial charge in [-0.15, -0.1) is 0 Å². The van der Waals surface area contributed by atoms with Crippen LogP contribution in [0.25, 0.3) is 11.3 Å². The number of hydrogen-bond donors (Lipinski definition) is 2. The van der Waals surface area contributed by atoms with Crippen molar-refractivity contribution < 1.29 is 4.39 Å². The summed E-state index contributed by atoms with van der Waals surface area (Å²) in [5.41, 5.74) is 1.92. The minimum absolute atomic E-state index is 0.213. The largest absolute Gasteiger partial charge is 0.341 e. The van der Waals surface area contributed by atoms with Crippen molar-refractivity contribution >= 4 is 0 Å². The average molecular weight is 315 g/mol. The number of halogens is 1. The molecule has 2 N–H and O–H groups in total. The normalized spacial score (nSPS) is 17.6. The predicted molar refractivity (Wildman–Crippen MR) is 91.6 cm³/mol. The summed E-state index contributed by atoms with van der Waals surface area (Å²) in [5.74, 6) is 1.43. The molecule has 124 valence electrons. The van der Waals surface area contributed by atoms with Gasteiger partial charge in [0.2, 0.25) is 0 Å². The van der Waals surface area contributed by atoms with E-state index in [-0.39, 0.29) is 11.9 Å². The topological polar surface area (TPSA) is 40.7 Å². The molecule has 3 nitrogen and oxygen atoms in total. The summed E-state index contributed by atoms with van der Waals surface area (Å²) in [6.45, 7) is 4.36. The first-order chi connectivity index (χ1) is 11.1. The monoisotopic (exact) mass is 315 g/mol. The van der Waals surface area contributed by atoms with Gasteiger partial charge in [0.25, 0.3) is 0 Å². The van der Waals surface area contributed by atoms with Gasteiger partial charge < -0.3 is 10.3 Å². The smallest absolute Gasteiger partial charge is 0.124 e. The zero-order valence-corrected chi connectivity index (χ0v) is 14.0. The molecule has 4 heteroatoms. The molecule has 0 amide bonds. The van der Waals surface area contributed by atoms with Gasteiger partial charge in [-0.2, -0.15) is 0 Å². The van der Waals surface area contributed by atoms with E-state index in [1.807, 2.05) is 6.20 Å². The Morgan fingerprint density at radius 3 is 2.48 bits per heavy atom. The molecule has 0 saturated heterocycles. The maximum absolute atomic E-state index is 13.1. The first kappa shape index (κ1) is 16.2. The third kappa shape index (κ3) is 3.99. The lowest BCUT2D eigenvalue weighted by Gasteiger charge is -2.31. The lowest BCUT2D eigenvalue weighted by Crippen LogP contribution is -2.35. The Kier molecular flexibility index (Phi) is 5.11. The first-order valence-corrected chi connectivity index (χ1v) is 8.70. The van der Waals surface area contributed by atoms with Crippen LogP contribution < -0.4 is 5.32 Å². The Hall–Kier alpha value is -1.68. The Morgan fingerprint density at radius 1 is 1.13 bits per heavy atom. The van der Waals surface area contributed by atoms with Crippen LogP contribution >= 0.6 is 0 Å². The molecule has 0 spiro atoms. The van der Waals surface area contributed by atoms with Crippen molar-refractivity contribution in [1.29, 1.82) is 0 Å². The molecule has 1 aliphatic rings. The minimum atomic E-state index is -0.213. The second-order valence-corrected chi connectivity index (χ2v) is 6.89. The molecular formula is C19H26FN3. The number of nitrogens with one attached hydrogen (secondary N) is 2. The van der Waals surface area contributed by atoms with Crippen molar-refractivity contribution in [1.82, 2.24) is 15.3 Å². The van der Waals surface area contributed by atoms with Gasteiger partial charge in [-0.05, 0) is 48.6 Å². The number of rotatable bonds is 5. The molecule has 1 aromatic carbocycles. The summed E-state index contributed by atoms with van der Waals surface area (Å²) >= 11 is 0. The third-order valence-electron chi connectivity index (χ3n) is 4.68. The fourth-order valence-electron chi connectivity index (χ4n) is 3.54. The Labute approximate surface area is 137 Å². The molecule has 0 bridgehead atoms. The first-order valence-electron chi connectivity index (χ1n) is 8.70. The second kappa shape index (κ2) is 7.26. The number of imidazole rings is 1. The van der Waals surface area contributed by atoms with E-state index in [1.165, 1.54) is 44.2 Å². The van der Waals surface area contributed by atoms with E-state index in [2.05, 4.69) is 29.1 Å². The van der Waals surface area contributed by atoms with Crippen LogP contribution in [-0.4, -0.2) is 16.0 Å². The highest BCUT2D eigenvalue weighted by atomic mass is 19.1. The van der Waals surface area contributed by atoms with Crippen LogP contribution in [0.4, 0.5) is 4.39 Å². The average Bonchev–Trinajstić information content (AvgIpc) is 3.03. The quantitative estimate of drug-likeness (QED) is 0.829. The highest BCUT2D eigenvalue weighted by molar-refractivity contribution is 5.58. The molecule has 1 aromatic heterocycles. The number of hydrogen-bond acceptors (Lipinski definition) is 2. The summed E-state index contributed by atoms with van der Waals surface area (Å²) in [6.07, 6.45) is 8.36. The summed E-state index contributed by atoms with van der Waals surface area (Å²) in [7, 11) is 0. The van der Waals surface area contributed by atoms with Crippen molar-refractivity contribution in [3.05, 3.63) is 42.1 Å². The summed E-state index contributed by atoms with van der Waals surface area (Å²) < 4.78 is 13.1. The van der Waals surface area contributed by atoms with Gasteiger partial charge in [-0.1, -0.05) is 33.1 Å². The maximum Gasteiger partial charge on any atom is 0.124 e. The number of H-pyrrole nitrogens is 1. The maximum atomic E-state index is 13.1. The van der Waals surface area contributed by atoms with Gasteiger partial charge in [0, 0.05) is 6.04 Å². The van der Waals surface area contributed by atoms with Crippen LogP contribution in [0, 0.1) is 11.7 Å². The predicted octanol–water partition coefficient (Wildman–Crippen LogP) is 4.84. The van der Waals surface area contributed by atoms with E-state index in [9.17, 15) is 4.39 Å². The number of nitrogens with zero attached hydrogens (tertiary/aromatic N) is 1. The Balaban J connectivity index is 1.83. The van der Waals surface area contributed by atoms with Crippen molar-refractivity contribution in [2.75, 3.05) is 0 Å². The fourth-order valence-corrected chi connectivity index (χ4v) is 3.54. The van der Waals surface area contributed by atoms with E-state index < -0.39 is 0 Å². The molecule has 23 heavy (non-hydrogen) atoms. The highest BCUT2D eigenvalue weighted by Crippen LogP contribution is 2.34. The van der Waals surface area contributed by atoms with Crippen LogP contribution in [0.15, 0.2) is 30.5 Å². The summed E-state index contributed by atoms with van der Waals surface area (Å²) in [6, 6.07) is 7.24. The molecule has 0 aliphatic heterocycles. The molecule has 2 aromatic rings. The highest BCUT2D eigenvalue weighted by Gasteiger charge is 2.27. The fraction of sp³-hybridized carbons (Fsp3) is 0.526. The van der Waals surface area contributed by atoms with Gasteiger partial charge in [0.05, 0.1) is 17.9 Å². The molecule has 0 radical (unpaired) electrons. The van der Waals surface area contributed by atoms with E-state index in [4.69, 9.17) is 0 Å². The number of aromatic nitrogens is 2. The molecule has 1 aliphatic carbocycles. The molecule has 1 saturated carbocycles. The standard InChI is InChI=1S/C19H26FN3/c1-13(2)22-18(15-6-4-3-5-7-15)19-21-12-17(23-19)14-8-10-16(20)11-9-14/h8-13,15,18,22H,3-7H2,1-2H3,(H,21,23)/t18-/m0/s1. The van der Waals surface area contributed by atoms with Gasteiger partial charge in [0.15, 0.2) is 0 Å². The Morgan fingerprint density at radius 2 is 1.83 bits per heavy atom. The lowest BCUT2D eigenvalue weighted by atomic mass is 9.83. The Bertz CT molecular complexity index is 612. The zero-order chi connectivity index (χ0) is 16.2. The molecule has 1 atom stereocenters. The van der Waals surface area contributed by atoms with Crippen LogP contribution in [-0.2, 0) is 0 Å². The van der Waals surface area contributed by atoms with E-state index in [0.717, 1.165) is 17.1 Å². The molecular weight excluding hydrogens is 289 g/mol. The van der Waals surface area contributed by atoms with Gasteiger partial charge in [-0.25, -0.2) is 9.37 Å². The van der Waals surface area contributed by atoms with E-state index in [1.54, 1.807) is 12.1 Å². The third-order valence-corrected chi connectivity index (χ3v) is 4.68. The van der Waals surface area contributed by atoms with Crippen LogP contribution in [0.1, 0.15) is 57.8 Å². The lowest BCUT2D eigenvalue weighted by molar-refractivity contribution is 0.253. The minimum Gasteiger partial charge on any atom is -0.341 e.